The first-order chi connectivity index (χ1) is 11.0. The van der Waals surface area contributed by atoms with E-state index in [0.717, 1.165) is 0 Å². The van der Waals surface area contributed by atoms with Gasteiger partial charge in [0.25, 0.3) is 0 Å². The third-order valence-corrected chi connectivity index (χ3v) is 6.15. The van der Waals surface area contributed by atoms with Gasteiger partial charge in [0.2, 0.25) is 0 Å². The van der Waals surface area contributed by atoms with Gasteiger partial charge in [-0.2, -0.15) is 0 Å². The van der Waals surface area contributed by atoms with Crippen molar-refractivity contribution in [1.82, 2.24) is 0 Å². The van der Waals surface area contributed by atoms with Crippen LogP contribution in [0.2, 0.25) is 0 Å². The van der Waals surface area contributed by atoms with Gasteiger partial charge in [-0.3, -0.25) is 0 Å². The van der Waals surface area contributed by atoms with Crippen molar-refractivity contribution in [1.29, 1.82) is 0 Å². The zero-order valence-electron chi connectivity index (χ0n) is 14.4. The lowest BCUT2D eigenvalue weighted by molar-refractivity contribution is -0.0969. The summed E-state index contributed by atoms with van der Waals surface area (Å²) in [4.78, 5) is 2.21. The molecule has 0 saturated heterocycles. The van der Waals surface area contributed by atoms with Crippen LogP contribution in [0.15, 0.2) is 0 Å². The van der Waals surface area contributed by atoms with Gasteiger partial charge in [0.15, 0.2) is 0 Å². The molecule has 24 heavy (non-hydrogen) atoms. The summed E-state index contributed by atoms with van der Waals surface area (Å²) >= 11 is 21.5. The highest BCUT2D eigenvalue weighted by molar-refractivity contribution is 7.84. The zero-order valence-corrected chi connectivity index (χ0v) is 17.7. The van der Waals surface area contributed by atoms with Crippen LogP contribution in [-0.2, 0) is 0 Å². The van der Waals surface area contributed by atoms with Crippen molar-refractivity contribution in [2.45, 2.75) is 40.2 Å². The third kappa shape index (κ3) is 4.67. The second-order valence-corrected chi connectivity index (χ2v) is 8.76. The molecule has 8 heteroatoms. The molecule has 0 aromatic heterocycles. The van der Waals surface area contributed by atoms with Gasteiger partial charge < -0.3 is 20.4 Å². The molecule has 0 aliphatic rings. The fourth-order valence-electron chi connectivity index (χ4n) is 2.84. The van der Waals surface area contributed by atoms with Crippen LogP contribution in [0.4, 0.5) is 0 Å². The maximum atomic E-state index is 10.8. The summed E-state index contributed by atoms with van der Waals surface area (Å²) in [5.41, 5.74) is -2.33. The van der Waals surface area contributed by atoms with E-state index in [1.807, 2.05) is 0 Å². The summed E-state index contributed by atoms with van der Waals surface area (Å²) in [6, 6.07) is 0. The SMILES string of the molecule is CC(=S)C(CC(C(C)=S)(C(C)=S)C(C)=S)C(O)C(CO)(CO)CO. The molecule has 0 fully saturated rings. The van der Waals surface area contributed by atoms with Gasteiger partial charge in [0, 0.05) is 20.5 Å². The minimum absolute atomic E-state index is 0.241. The molecule has 0 saturated carbocycles. The lowest BCUT2D eigenvalue weighted by atomic mass is 9.67. The molecule has 4 N–H and O–H groups in total. The van der Waals surface area contributed by atoms with Crippen LogP contribution in [0, 0.1) is 16.7 Å². The van der Waals surface area contributed by atoms with Gasteiger partial charge in [0.1, 0.15) is 0 Å². The molecule has 0 aromatic carbocycles. The maximum absolute atomic E-state index is 10.8. The Morgan fingerprint density at radius 1 is 0.792 bits per heavy atom. The quantitative estimate of drug-likeness (QED) is 0.384. The summed E-state index contributed by atoms with van der Waals surface area (Å²) in [6.45, 7) is 5.16. The summed E-state index contributed by atoms with van der Waals surface area (Å²) < 4.78 is 0. The molecule has 138 valence electrons. The van der Waals surface area contributed by atoms with Gasteiger partial charge >= 0.3 is 0 Å². The predicted octanol–water partition coefficient (Wildman–Crippen LogP) is 1.86. The molecule has 0 heterocycles. The van der Waals surface area contributed by atoms with Gasteiger partial charge in [-0.15, -0.1) is 0 Å². The highest BCUT2D eigenvalue weighted by Gasteiger charge is 2.47. The Labute approximate surface area is 165 Å². The normalized spacial score (nSPS) is 14.8. The maximum Gasteiger partial charge on any atom is 0.0736 e. The first-order valence-electron chi connectivity index (χ1n) is 7.51. The molecule has 0 aliphatic heterocycles. The molecule has 0 radical (unpaired) electrons. The number of aliphatic hydroxyl groups is 4. The van der Waals surface area contributed by atoms with Crippen molar-refractivity contribution < 1.29 is 20.4 Å². The molecule has 0 aromatic rings. The van der Waals surface area contributed by atoms with Crippen LogP contribution >= 0.6 is 48.9 Å². The minimum Gasteiger partial charge on any atom is -0.396 e. The lowest BCUT2D eigenvalue weighted by Crippen LogP contribution is -2.53. The lowest BCUT2D eigenvalue weighted by Gasteiger charge is -2.42. The Morgan fingerprint density at radius 3 is 1.33 bits per heavy atom. The molecule has 0 rings (SSSR count). The number of rotatable bonds is 11. The Balaban J connectivity index is 6.10. The van der Waals surface area contributed by atoms with Crippen LogP contribution < -0.4 is 0 Å². The van der Waals surface area contributed by atoms with Gasteiger partial charge in [-0.05, 0) is 39.0 Å². The monoisotopic (exact) mass is 410 g/mol. The average Bonchev–Trinajstić information content (AvgIpc) is 2.48. The van der Waals surface area contributed by atoms with Gasteiger partial charge in [0.05, 0.1) is 36.8 Å². The van der Waals surface area contributed by atoms with Gasteiger partial charge in [-0.1, -0.05) is 48.9 Å². The fraction of sp³-hybridized carbons (Fsp3) is 0.750. The number of hydrogen-bond acceptors (Lipinski definition) is 8. The van der Waals surface area contributed by atoms with Crippen LogP contribution in [-0.4, -0.2) is 65.8 Å². The third-order valence-electron chi connectivity index (χ3n) is 4.80. The molecule has 0 amide bonds. The smallest absolute Gasteiger partial charge is 0.0736 e. The van der Waals surface area contributed by atoms with Crippen molar-refractivity contribution in [3.8, 4) is 0 Å². The molecular weight excluding hydrogens is 384 g/mol. The van der Waals surface area contributed by atoms with E-state index in [1.165, 1.54) is 0 Å². The Bertz CT molecular complexity index is 470. The number of hydrogen-bond donors (Lipinski definition) is 4. The van der Waals surface area contributed by atoms with Crippen LogP contribution in [0.5, 0.6) is 0 Å². The number of thiocarbonyl (C=S) groups is 4. The van der Waals surface area contributed by atoms with Crippen LogP contribution in [0.1, 0.15) is 34.1 Å². The van der Waals surface area contributed by atoms with Crippen molar-refractivity contribution in [2.24, 2.45) is 16.7 Å². The summed E-state index contributed by atoms with van der Waals surface area (Å²) in [7, 11) is 0. The average molecular weight is 411 g/mol. The van der Waals surface area contributed by atoms with E-state index in [-0.39, 0.29) is 6.42 Å². The fourth-order valence-corrected chi connectivity index (χ4v) is 4.41. The molecule has 2 atom stereocenters. The van der Waals surface area contributed by atoms with E-state index in [1.54, 1.807) is 27.7 Å². The van der Waals surface area contributed by atoms with E-state index in [0.29, 0.717) is 19.5 Å². The molecule has 4 nitrogen and oxygen atoms in total. The van der Waals surface area contributed by atoms with E-state index in [4.69, 9.17) is 48.9 Å². The predicted molar refractivity (Wildman–Crippen MR) is 113 cm³/mol. The Kier molecular flexibility index (Phi) is 9.86. The second-order valence-electron chi connectivity index (χ2n) is 6.28. The summed E-state index contributed by atoms with van der Waals surface area (Å²) in [5.74, 6) is -0.639. The number of aliphatic hydroxyl groups excluding tert-OH is 4. The topological polar surface area (TPSA) is 80.9 Å². The highest BCUT2D eigenvalue weighted by atomic mass is 32.1. The second kappa shape index (κ2) is 9.78. The largest absolute Gasteiger partial charge is 0.396 e. The van der Waals surface area contributed by atoms with Crippen LogP contribution in [0.25, 0.3) is 0 Å². The zero-order chi connectivity index (χ0) is 19.3. The molecule has 0 aliphatic carbocycles. The molecule has 0 bridgehead atoms. The standard InChI is InChI=1S/C16H26O4S4/c1-9(21)13(14(20)15(6-17,7-18)8-19)5-16(10(2)22,11(3)23)12(4)24/h13-14,17-20H,5-8H2,1-4H3. The summed E-state index contributed by atoms with van der Waals surface area (Å²) in [5, 5.41) is 39.6. The first kappa shape index (κ1) is 24.2. The van der Waals surface area contributed by atoms with E-state index < -0.39 is 42.7 Å². The van der Waals surface area contributed by atoms with E-state index in [9.17, 15) is 20.4 Å². The van der Waals surface area contributed by atoms with E-state index >= 15 is 0 Å². The van der Waals surface area contributed by atoms with Crippen LogP contribution in [0.3, 0.4) is 0 Å². The van der Waals surface area contributed by atoms with Crippen molar-refractivity contribution in [2.75, 3.05) is 19.8 Å². The minimum atomic E-state index is -1.48. The highest BCUT2D eigenvalue weighted by Crippen LogP contribution is 2.39. The molecular formula is C16H26O4S4. The molecule has 0 spiro atoms. The summed E-state index contributed by atoms with van der Waals surface area (Å²) in [6.07, 6.45) is -1.03. The van der Waals surface area contributed by atoms with Crippen molar-refractivity contribution >= 4 is 68.3 Å². The molecule has 2 unspecified atom stereocenters. The van der Waals surface area contributed by atoms with Crippen molar-refractivity contribution in [3.63, 3.8) is 0 Å². The van der Waals surface area contributed by atoms with E-state index in [2.05, 4.69) is 0 Å². The van der Waals surface area contributed by atoms with Gasteiger partial charge in [-0.25, -0.2) is 0 Å². The Morgan fingerprint density at radius 2 is 1.12 bits per heavy atom. The Hall–Kier alpha value is 0.200. The first-order valence-corrected chi connectivity index (χ1v) is 9.14. The van der Waals surface area contributed by atoms with Crippen molar-refractivity contribution in [3.05, 3.63) is 0 Å².